The molecule has 1 aromatic heterocycles. The predicted molar refractivity (Wildman–Crippen MR) is 82.7 cm³/mol. The summed E-state index contributed by atoms with van der Waals surface area (Å²) < 4.78 is 32.3. The smallest absolute Gasteiger partial charge is 0.327 e. The van der Waals surface area contributed by atoms with Crippen LogP contribution in [-0.2, 0) is 25.0 Å². The third-order valence-corrected chi connectivity index (χ3v) is 6.11. The number of rotatable bonds is 5. The van der Waals surface area contributed by atoms with Gasteiger partial charge in [0.1, 0.15) is 4.90 Å². The van der Waals surface area contributed by atoms with Gasteiger partial charge in [0.05, 0.1) is 18.5 Å². The lowest BCUT2D eigenvalue weighted by Crippen LogP contribution is -2.56. The van der Waals surface area contributed by atoms with Crippen molar-refractivity contribution in [3.63, 3.8) is 0 Å². The van der Waals surface area contributed by atoms with Crippen LogP contribution in [0.5, 0.6) is 0 Å². The van der Waals surface area contributed by atoms with E-state index in [2.05, 4.69) is 10.2 Å². The summed E-state index contributed by atoms with van der Waals surface area (Å²) in [4.78, 5) is 11.8. The summed E-state index contributed by atoms with van der Waals surface area (Å²) in [5.41, 5.74) is -1.58. The number of aromatic nitrogens is 2. The first-order valence-electron chi connectivity index (χ1n) is 7.36. The third kappa shape index (κ3) is 2.88. The molecular formula is C14H23N3O5S. The number of hydrogen-bond donors (Lipinski definition) is 2. The van der Waals surface area contributed by atoms with E-state index in [1.54, 1.807) is 0 Å². The number of carbonyl (C=O) groups is 1. The van der Waals surface area contributed by atoms with Crippen LogP contribution < -0.4 is 0 Å². The van der Waals surface area contributed by atoms with Gasteiger partial charge < -0.3 is 9.84 Å². The van der Waals surface area contributed by atoms with Crippen LogP contribution in [-0.4, -0.2) is 59.8 Å². The minimum atomic E-state index is -4.01. The summed E-state index contributed by atoms with van der Waals surface area (Å²) in [5.74, 6) is -1.19. The average Bonchev–Trinajstić information content (AvgIpc) is 3.05. The lowest BCUT2D eigenvalue weighted by atomic mass is 9.92. The van der Waals surface area contributed by atoms with Crippen molar-refractivity contribution in [1.29, 1.82) is 0 Å². The van der Waals surface area contributed by atoms with E-state index in [1.807, 2.05) is 20.8 Å². The first kappa shape index (κ1) is 17.9. The Morgan fingerprint density at radius 2 is 2.17 bits per heavy atom. The first-order valence-corrected chi connectivity index (χ1v) is 8.80. The average molecular weight is 345 g/mol. The molecule has 0 radical (unpaired) electrons. The van der Waals surface area contributed by atoms with E-state index >= 15 is 0 Å². The Balaban J connectivity index is 2.55. The molecule has 1 aromatic rings. The van der Waals surface area contributed by atoms with Crippen LogP contribution in [0.4, 0.5) is 0 Å². The van der Waals surface area contributed by atoms with Crippen LogP contribution in [0.25, 0.3) is 0 Å². The molecule has 9 heteroatoms. The van der Waals surface area contributed by atoms with Crippen molar-refractivity contribution in [2.24, 2.45) is 0 Å². The molecule has 23 heavy (non-hydrogen) atoms. The highest BCUT2D eigenvalue weighted by Crippen LogP contribution is 2.37. The molecule has 0 saturated carbocycles. The second-order valence-electron chi connectivity index (χ2n) is 6.81. The Labute approximate surface area is 135 Å². The maximum atomic E-state index is 13.1. The van der Waals surface area contributed by atoms with Crippen molar-refractivity contribution in [2.75, 3.05) is 20.3 Å². The summed E-state index contributed by atoms with van der Waals surface area (Å²) >= 11 is 0. The monoisotopic (exact) mass is 345 g/mol. The van der Waals surface area contributed by atoms with Gasteiger partial charge in [-0.25, -0.2) is 8.42 Å². The largest absolute Gasteiger partial charge is 0.480 e. The number of sulfonamides is 1. The molecule has 1 unspecified atom stereocenters. The normalized spacial score (nSPS) is 23.3. The fraction of sp³-hybridized carbons (Fsp3) is 0.714. The van der Waals surface area contributed by atoms with Gasteiger partial charge in [0.15, 0.2) is 5.54 Å². The third-order valence-electron chi connectivity index (χ3n) is 4.13. The van der Waals surface area contributed by atoms with E-state index in [0.717, 1.165) is 4.31 Å². The van der Waals surface area contributed by atoms with Gasteiger partial charge in [-0.05, 0) is 12.8 Å². The molecule has 0 spiro atoms. The second kappa shape index (κ2) is 5.88. The second-order valence-corrected chi connectivity index (χ2v) is 8.64. The molecule has 1 aliphatic heterocycles. The fourth-order valence-corrected chi connectivity index (χ4v) is 5.07. The highest BCUT2D eigenvalue weighted by molar-refractivity contribution is 7.89. The topological polar surface area (TPSA) is 113 Å². The highest BCUT2D eigenvalue weighted by atomic mass is 32.2. The number of nitrogens with one attached hydrogen (secondary N) is 1. The SMILES string of the molecule is COCC1(C(=O)O)CCCN1S(=O)(=O)c1cn[nH]c1C(C)(C)C. The minimum absolute atomic E-state index is 0.0219. The summed E-state index contributed by atoms with van der Waals surface area (Å²) in [5, 5.41) is 16.2. The standard InChI is InChI=1S/C14H23N3O5S/c1-13(2,3)11-10(8-15-16-11)23(20,21)17-7-5-6-14(17,9-22-4)12(18)19/h8H,5-7,9H2,1-4H3,(H,15,16)(H,18,19). The molecular weight excluding hydrogens is 322 g/mol. The van der Waals surface area contributed by atoms with E-state index in [0.29, 0.717) is 12.1 Å². The molecule has 2 N–H and O–H groups in total. The van der Waals surface area contributed by atoms with Crippen molar-refractivity contribution in [1.82, 2.24) is 14.5 Å². The number of methoxy groups -OCH3 is 1. The number of H-pyrrole nitrogens is 1. The van der Waals surface area contributed by atoms with Gasteiger partial charge in [-0.3, -0.25) is 9.89 Å². The molecule has 1 fully saturated rings. The van der Waals surface area contributed by atoms with Crippen molar-refractivity contribution in [2.45, 2.75) is 49.5 Å². The van der Waals surface area contributed by atoms with Gasteiger partial charge in [-0.1, -0.05) is 20.8 Å². The number of aromatic amines is 1. The van der Waals surface area contributed by atoms with Crippen molar-refractivity contribution >= 4 is 16.0 Å². The first-order chi connectivity index (χ1) is 10.6. The van der Waals surface area contributed by atoms with Crippen LogP contribution in [0, 0.1) is 0 Å². The van der Waals surface area contributed by atoms with E-state index in [9.17, 15) is 18.3 Å². The van der Waals surface area contributed by atoms with Crippen LogP contribution in [0.1, 0.15) is 39.3 Å². The number of aliphatic carboxylic acids is 1. The van der Waals surface area contributed by atoms with Crippen LogP contribution in [0.3, 0.4) is 0 Å². The summed E-state index contributed by atoms with van der Waals surface area (Å²) in [6.45, 7) is 5.55. The Bertz CT molecular complexity index is 692. The van der Waals surface area contributed by atoms with Gasteiger partial charge in [-0.2, -0.15) is 9.40 Å². The highest BCUT2D eigenvalue weighted by Gasteiger charge is 2.54. The van der Waals surface area contributed by atoms with E-state index in [-0.39, 0.29) is 24.5 Å². The number of carboxylic acid groups (broad SMARTS) is 1. The molecule has 0 aromatic carbocycles. The summed E-state index contributed by atoms with van der Waals surface area (Å²) in [6, 6.07) is 0. The Hall–Kier alpha value is -1.45. The van der Waals surface area contributed by atoms with E-state index in [4.69, 9.17) is 4.74 Å². The number of carboxylic acids is 1. The molecule has 1 atom stereocenters. The quantitative estimate of drug-likeness (QED) is 0.822. The lowest BCUT2D eigenvalue weighted by Gasteiger charge is -2.33. The Morgan fingerprint density at radius 3 is 2.70 bits per heavy atom. The summed E-state index contributed by atoms with van der Waals surface area (Å²) in [6.07, 6.45) is 1.93. The van der Waals surface area contributed by atoms with Gasteiger partial charge in [0, 0.05) is 19.1 Å². The van der Waals surface area contributed by atoms with Crippen LogP contribution in [0.2, 0.25) is 0 Å². The van der Waals surface area contributed by atoms with Crippen LogP contribution in [0.15, 0.2) is 11.1 Å². The fourth-order valence-electron chi connectivity index (χ4n) is 2.99. The maximum absolute atomic E-state index is 13.1. The minimum Gasteiger partial charge on any atom is -0.480 e. The molecule has 1 aliphatic rings. The van der Waals surface area contributed by atoms with E-state index in [1.165, 1.54) is 13.3 Å². The zero-order valence-electron chi connectivity index (χ0n) is 13.8. The van der Waals surface area contributed by atoms with Crippen molar-refractivity contribution in [3.05, 3.63) is 11.9 Å². The Kier molecular flexibility index (Phi) is 4.57. The molecule has 2 heterocycles. The van der Waals surface area contributed by atoms with Gasteiger partial charge in [0.25, 0.3) is 0 Å². The van der Waals surface area contributed by atoms with Crippen molar-refractivity contribution in [3.8, 4) is 0 Å². The molecule has 0 aliphatic carbocycles. The Morgan fingerprint density at radius 1 is 1.52 bits per heavy atom. The van der Waals surface area contributed by atoms with Crippen LogP contribution >= 0.6 is 0 Å². The lowest BCUT2D eigenvalue weighted by molar-refractivity contribution is -0.150. The zero-order valence-corrected chi connectivity index (χ0v) is 14.6. The predicted octanol–water partition coefficient (Wildman–Crippen LogP) is 0.962. The summed E-state index contributed by atoms with van der Waals surface area (Å²) in [7, 11) is -2.64. The van der Waals surface area contributed by atoms with E-state index < -0.39 is 26.9 Å². The van der Waals surface area contributed by atoms with Gasteiger partial charge in [-0.15, -0.1) is 0 Å². The maximum Gasteiger partial charge on any atom is 0.327 e. The number of ether oxygens (including phenoxy) is 1. The molecule has 130 valence electrons. The number of nitrogens with zero attached hydrogens (tertiary/aromatic N) is 2. The molecule has 0 bridgehead atoms. The number of hydrogen-bond acceptors (Lipinski definition) is 5. The van der Waals surface area contributed by atoms with Gasteiger partial charge >= 0.3 is 5.97 Å². The molecule has 0 amide bonds. The molecule has 1 saturated heterocycles. The zero-order chi connectivity index (χ0) is 17.5. The van der Waals surface area contributed by atoms with Crippen molar-refractivity contribution < 1.29 is 23.1 Å². The molecule has 2 rings (SSSR count). The van der Waals surface area contributed by atoms with Gasteiger partial charge in [0.2, 0.25) is 10.0 Å². The molecule has 8 nitrogen and oxygen atoms in total.